The van der Waals surface area contributed by atoms with Crippen LogP contribution in [0.15, 0.2) is 66.3 Å². The minimum Gasteiger partial charge on any atom is -0.378 e. The van der Waals surface area contributed by atoms with Gasteiger partial charge in [0.25, 0.3) is 0 Å². The van der Waals surface area contributed by atoms with Gasteiger partial charge in [0.2, 0.25) is 5.91 Å². The number of carbonyl (C=O) groups excluding carboxylic acids is 1. The van der Waals surface area contributed by atoms with E-state index < -0.39 is 0 Å². The fourth-order valence-electron chi connectivity index (χ4n) is 2.88. The lowest BCUT2D eigenvalue weighted by Gasteiger charge is -2.14. The van der Waals surface area contributed by atoms with Crippen molar-refractivity contribution in [2.45, 2.75) is 18.6 Å². The van der Waals surface area contributed by atoms with E-state index >= 15 is 0 Å². The van der Waals surface area contributed by atoms with E-state index in [2.05, 4.69) is 28.2 Å². The number of anilines is 2. The summed E-state index contributed by atoms with van der Waals surface area (Å²) < 4.78 is 1.98. The molecular weight excluding hydrogens is 382 g/mol. The van der Waals surface area contributed by atoms with Crippen LogP contribution in [-0.2, 0) is 11.3 Å². The van der Waals surface area contributed by atoms with Crippen molar-refractivity contribution in [2.75, 3.05) is 30.1 Å². The summed E-state index contributed by atoms with van der Waals surface area (Å²) in [4.78, 5) is 14.4. The number of carbonyl (C=O) groups is 1. The molecule has 3 rings (SSSR count). The average molecular weight is 408 g/mol. The number of amides is 1. The zero-order valence-electron chi connectivity index (χ0n) is 16.9. The van der Waals surface area contributed by atoms with E-state index in [4.69, 9.17) is 0 Å². The van der Waals surface area contributed by atoms with Gasteiger partial charge in [0.05, 0.1) is 5.75 Å². The van der Waals surface area contributed by atoms with Gasteiger partial charge >= 0.3 is 0 Å². The summed E-state index contributed by atoms with van der Waals surface area (Å²) in [5.41, 5.74) is 3.96. The summed E-state index contributed by atoms with van der Waals surface area (Å²) in [5, 5.41) is 12.3. The SMILES string of the molecule is C=CCn1c(SCC(=O)Nc2cccc(C)c2)nnc1-c1cccc(N(C)C)c1. The molecule has 150 valence electrons. The zero-order valence-corrected chi connectivity index (χ0v) is 17.7. The molecule has 0 atom stereocenters. The Morgan fingerprint density at radius 1 is 1.21 bits per heavy atom. The van der Waals surface area contributed by atoms with Gasteiger partial charge in [-0.2, -0.15) is 0 Å². The predicted octanol–water partition coefficient (Wildman–Crippen LogP) is 4.24. The van der Waals surface area contributed by atoms with Crippen LogP contribution in [0.25, 0.3) is 11.4 Å². The minimum atomic E-state index is -0.0788. The normalized spacial score (nSPS) is 10.6. The monoisotopic (exact) mass is 407 g/mol. The maximum Gasteiger partial charge on any atom is 0.234 e. The van der Waals surface area contributed by atoms with Crippen molar-refractivity contribution in [1.29, 1.82) is 0 Å². The first-order valence-corrected chi connectivity index (χ1v) is 10.3. The highest BCUT2D eigenvalue weighted by atomic mass is 32.2. The summed E-state index contributed by atoms with van der Waals surface area (Å²) in [6.45, 7) is 6.40. The second kappa shape index (κ2) is 9.43. The van der Waals surface area contributed by atoms with Gasteiger partial charge in [0.15, 0.2) is 11.0 Å². The second-order valence-corrected chi connectivity index (χ2v) is 7.80. The molecule has 1 amide bonds. The molecule has 0 radical (unpaired) electrons. The van der Waals surface area contributed by atoms with E-state index in [9.17, 15) is 4.79 Å². The molecule has 1 aromatic heterocycles. The number of thioether (sulfide) groups is 1. The van der Waals surface area contributed by atoms with Crippen LogP contribution in [0.5, 0.6) is 0 Å². The third-order valence-corrected chi connectivity index (χ3v) is 5.25. The number of nitrogens with one attached hydrogen (secondary N) is 1. The van der Waals surface area contributed by atoms with Crippen molar-refractivity contribution in [1.82, 2.24) is 14.8 Å². The van der Waals surface area contributed by atoms with Crippen molar-refractivity contribution < 1.29 is 4.79 Å². The number of allylic oxidation sites excluding steroid dienone is 1. The molecule has 0 fully saturated rings. The molecule has 0 saturated heterocycles. The van der Waals surface area contributed by atoms with Crippen molar-refractivity contribution in [3.05, 3.63) is 66.7 Å². The van der Waals surface area contributed by atoms with Gasteiger partial charge in [-0.25, -0.2) is 0 Å². The summed E-state index contributed by atoms with van der Waals surface area (Å²) in [6.07, 6.45) is 1.81. The molecule has 0 aliphatic heterocycles. The number of hydrogen-bond donors (Lipinski definition) is 1. The van der Waals surface area contributed by atoms with E-state index in [1.54, 1.807) is 6.08 Å². The van der Waals surface area contributed by atoms with E-state index in [1.165, 1.54) is 11.8 Å². The van der Waals surface area contributed by atoms with Crippen molar-refractivity contribution >= 4 is 29.0 Å². The van der Waals surface area contributed by atoms with Crippen molar-refractivity contribution in [2.24, 2.45) is 0 Å². The third-order valence-electron chi connectivity index (χ3n) is 4.28. The van der Waals surface area contributed by atoms with Gasteiger partial charge in [-0.05, 0) is 36.8 Å². The Labute approximate surface area is 175 Å². The Hall–Kier alpha value is -3.06. The lowest BCUT2D eigenvalue weighted by molar-refractivity contribution is -0.113. The molecule has 1 heterocycles. The van der Waals surface area contributed by atoms with Crippen molar-refractivity contribution in [3.8, 4) is 11.4 Å². The molecule has 3 aromatic rings. The van der Waals surface area contributed by atoms with Crippen LogP contribution in [0, 0.1) is 6.92 Å². The first-order chi connectivity index (χ1) is 14.0. The largest absolute Gasteiger partial charge is 0.378 e. The Kier molecular flexibility index (Phi) is 6.72. The average Bonchev–Trinajstić information content (AvgIpc) is 3.09. The predicted molar refractivity (Wildman–Crippen MR) is 121 cm³/mol. The summed E-state index contributed by atoms with van der Waals surface area (Å²) in [6, 6.07) is 15.9. The molecule has 0 bridgehead atoms. The fraction of sp³-hybridized carbons (Fsp3) is 0.227. The number of aryl methyl sites for hydroxylation is 1. The summed E-state index contributed by atoms with van der Waals surface area (Å²) >= 11 is 1.36. The van der Waals surface area contributed by atoms with Crippen LogP contribution in [-0.4, -0.2) is 40.5 Å². The smallest absolute Gasteiger partial charge is 0.234 e. The van der Waals surface area contributed by atoms with Gasteiger partial charge in [-0.15, -0.1) is 16.8 Å². The Balaban J connectivity index is 1.75. The van der Waals surface area contributed by atoms with Gasteiger partial charge in [-0.1, -0.05) is 42.1 Å². The number of hydrogen-bond acceptors (Lipinski definition) is 5. The zero-order chi connectivity index (χ0) is 20.8. The summed E-state index contributed by atoms with van der Waals surface area (Å²) in [7, 11) is 4.00. The second-order valence-electron chi connectivity index (χ2n) is 6.86. The maximum atomic E-state index is 12.3. The first kappa shape index (κ1) is 20.7. The number of aromatic nitrogens is 3. The minimum absolute atomic E-state index is 0.0788. The molecule has 0 unspecified atom stereocenters. The van der Waals surface area contributed by atoms with Gasteiger partial charge in [-0.3, -0.25) is 9.36 Å². The Morgan fingerprint density at radius 3 is 2.72 bits per heavy atom. The van der Waals surface area contributed by atoms with E-state index in [0.29, 0.717) is 11.7 Å². The van der Waals surface area contributed by atoms with Gasteiger partial charge < -0.3 is 10.2 Å². The van der Waals surface area contributed by atoms with Crippen LogP contribution >= 0.6 is 11.8 Å². The molecule has 1 N–H and O–H groups in total. The molecule has 0 saturated carbocycles. The molecule has 0 aliphatic rings. The van der Waals surface area contributed by atoms with Crippen LogP contribution in [0.2, 0.25) is 0 Å². The topological polar surface area (TPSA) is 63.1 Å². The lowest BCUT2D eigenvalue weighted by atomic mass is 10.2. The molecular formula is C22H25N5OS. The highest BCUT2D eigenvalue weighted by Gasteiger charge is 2.15. The fourth-order valence-corrected chi connectivity index (χ4v) is 3.62. The molecule has 6 nitrogen and oxygen atoms in total. The van der Waals surface area contributed by atoms with Crippen LogP contribution in [0.1, 0.15) is 5.56 Å². The Morgan fingerprint density at radius 2 is 2.00 bits per heavy atom. The quantitative estimate of drug-likeness (QED) is 0.447. The van der Waals surface area contributed by atoms with E-state index in [-0.39, 0.29) is 11.7 Å². The highest BCUT2D eigenvalue weighted by molar-refractivity contribution is 7.99. The molecule has 29 heavy (non-hydrogen) atoms. The maximum absolute atomic E-state index is 12.3. The van der Waals surface area contributed by atoms with E-state index in [0.717, 1.165) is 28.3 Å². The van der Waals surface area contributed by atoms with Crippen LogP contribution in [0.3, 0.4) is 0 Å². The number of nitrogens with zero attached hydrogens (tertiary/aromatic N) is 4. The summed E-state index contributed by atoms with van der Waals surface area (Å²) in [5.74, 6) is 0.932. The highest BCUT2D eigenvalue weighted by Crippen LogP contribution is 2.27. The standard InChI is InChI=1S/C22H25N5OS/c1-5-12-27-21(17-9-7-11-19(14-17)26(3)4)24-25-22(27)29-15-20(28)23-18-10-6-8-16(2)13-18/h5-11,13-14H,1,12,15H2,2-4H3,(H,23,28). The third kappa shape index (κ3) is 5.26. The van der Waals surface area contributed by atoms with Gasteiger partial charge in [0.1, 0.15) is 0 Å². The Bertz CT molecular complexity index is 1010. The first-order valence-electron chi connectivity index (χ1n) is 9.29. The molecule has 7 heteroatoms. The van der Waals surface area contributed by atoms with Crippen LogP contribution in [0.4, 0.5) is 11.4 Å². The number of benzene rings is 2. The molecule has 0 spiro atoms. The number of rotatable bonds is 8. The van der Waals surface area contributed by atoms with Crippen molar-refractivity contribution in [3.63, 3.8) is 0 Å². The lowest BCUT2D eigenvalue weighted by Crippen LogP contribution is -2.14. The van der Waals surface area contributed by atoms with Crippen LogP contribution < -0.4 is 10.2 Å². The molecule has 0 aliphatic carbocycles. The van der Waals surface area contributed by atoms with Gasteiger partial charge in [0, 0.05) is 37.6 Å². The van der Waals surface area contributed by atoms with E-state index in [1.807, 2.05) is 73.0 Å². The molecule has 2 aromatic carbocycles.